The molecule has 3 nitrogen and oxygen atoms in total. The fourth-order valence-electron chi connectivity index (χ4n) is 0.838. The Bertz CT molecular complexity index is 493. The van der Waals surface area contributed by atoms with E-state index in [2.05, 4.69) is 20.9 Å². The van der Waals surface area contributed by atoms with E-state index >= 15 is 0 Å². The molecule has 1 aromatic rings. The summed E-state index contributed by atoms with van der Waals surface area (Å²) in [5, 5.41) is 0. The Balaban J connectivity index is 3.59. The van der Waals surface area contributed by atoms with Crippen LogP contribution < -0.4 is 0 Å². The van der Waals surface area contributed by atoms with E-state index in [-0.39, 0.29) is 0 Å². The Hall–Kier alpha value is -0.340. The van der Waals surface area contributed by atoms with E-state index < -0.39 is 36.4 Å². The third-order valence-electron chi connectivity index (χ3n) is 1.41. The zero-order valence-corrected chi connectivity index (χ0v) is 9.87. The maximum absolute atomic E-state index is 13.0. The molecule has 0 N–H and O–H groups in total. The van der Waals surface area contributed by atoms with Gasteiger partial charge in [0.1, 0.15) is 10.6 Å². The van der Waals surface area contributed by atoms with Crippen LogP contribution in [-0.2, 0) is 9.05 Å². The minimum absolute atomic E-state index is 0.377. The Labute approximate surface area is 95.8 Å². The van der Waals surface area contributed by atoms with Crippen molar-refractivity contribution in [1.29, 1.82) is 0 Å². The molecule has 0 bridgehead atoms. The average Bonchev–Trinajstić information content (AvgIpc) is 2.00. The lowest BCUT2D eigenvalue weighted by Gasteiger charge is -2.06. The summed E-state index contributed by atoms with van der Waals surface area (Å²) in [6.45, 7) is 0. The topological polar surface area (TPSA) is 47.0 Å². The molecule has 0 saturated heterocycles. The molecule has 1 heterocycles. The van der Waals surface area contributed by atoms with Crippen molar-refractivity contribution in [3.05, 3.63) is 22.2 Å². The summed E-state index contributed by atoms with van der Waals surface area (Å²) in [4.78, 5) is 2.02. The maximum Gasteiger partial charge on any atom is 0.281 e. The lowest BCUT2D eigenvalue weighted by molar-refractivity contribution is 0.144. The largest absolute Gasteiger partial charge is 0.281 e. The highest BCUT2D eigenvalue weighted by atomic mass is 79.9. The Morgan fingerprint density at radius 2 is 2.00 bits per heavy atom. The van der Waals surface area contributed by atoms with Gasteiger partial charge in [0.25, 0.3) is 15.5 Å². The summed E-state index contributed by atoms with van der Waals surface area (Å²) >= 11 is 2.52. The molecule has 9 heteroatoms. The molecular weight excluding hydrogens is 322 g/mol. The van der Waals surface area contributed by atoms with Crippen molar-refractivity contribution >= 4 is 35.7 Å². The van der Waals surface area contributed by atoms with E-state index in [1.54, 1.807) is 0 Å². The highest BCUT2D eigenvalue weighted by molar-refractivity contribution is 9.10. The Morgan fingerprint density at radius 1 is 1.47 bits per heavy atom. The molecule has 0 radical (unpaired) electrons. The normalized spacial score (nSPS) is 12.1. The Morgan fingerprint density at radius 3 is 2.40 bits per heavy atom. The van der Waals surface area contributed by atoms with Crippen molar-refractivity contribution in [2.75, 3.05) is 0 Å². The van der Waals surface area contributed by atoms with Crippen molar-refractivity contribution in [3.8, 4) is 0 Å². The first-order chi connectivity index (χ1) is 6.75. The molecule has 1 rings (SSSR count). The van der Waals surface area contributed by atoms with E-state index in [1.165, 1.54) is 0 Å². The van der Waals surface area contributed by atoms with Crippen LogP contribution in [0.1, 0.15) is 12.1 Å². The Kier molecular flexibility index (Phi) is 3.62. The number of hydrogen-bond donors (Lipinski definition) is 0. The van der Waals surface area contributed by atoms with Crippen molar-refractivity contribution in [3.63, 3.8) is 0 Å². The van der Waals surface area contributed by atoms with Gasteiger partial charge in [-0.15, -0.1) is 0 Å². The number of rotatable bonds is 2. The number of aromatic nitrogens is 1. The molecule has 0 fully saturated rings. The molecule has 15 heavy (non-hydrogen) atoms. The average molecular weight is 325 g/mol. The van der Waals surface area contributed by atoms with Gasteiger partial charge in [-0.25, -0.2) is 21.6 Å². The fourth-order valence-corrected chi connectivity index (χ4v) is 3.28. The van der Waals surface area contributed by atoms with Gasteiger partial charge in [-0.05, 0) is 15.9 Å². The molecule has 84 valence electrons. The van der Waals surface area contributed by atoms with Gasteiger partial charge >= 0.3 is 0 Å². The lowest BCUT2D eigenvalue weighted by atomic mass is 10.3. The van der Waals surface area contributed by atoms with Crippen LogP contribution in [0.3, 0.4) is 0 Å². The molecule has 0 aliphatic heterocycles. The maximum atomic E-state index is 13.0. The molecule has 0 aliphatic carbocycles. The van der Waals surface area contributed by atoms with Crippen LogP contribution >= 0.6 is 26.6 Å². The molecule has 0 aromatic carbocycles. The molecule has 0 amide bonds. The van der Waals surface area contributed by atoms with E-state index in [4.69, 9.17) is 10.7 Å². The van der Waals surface area contributed by atoms with E-state index in [9.17, 15) is 21.6 Å². The standard InChI is InChI=1S/C6H2BrClF3NO2S/c7-3-4(6(10)11)12-1-2(9)5(3)15(8,13)14/h1,6H. The number of pyridine rings is 1. The second-order valence-electron chi connectivity index (χ2n) is 2.37. The summed E-state index contributed by atoms with van der Waals surface area (Å²) in [5.74, 6) is -1.29. The molecule has 0 aliphatic rings. The zero-order valence-electron chi connectivity index (χ0n) is 6.72. The summed E-state index contributed by atoms with van der Waals surface area (Å²) in [7, 11) is 0.432. The van der Waals surface area contributed by atoms with E-state index in [0.29, 0.717) is 6.20 Å². The van der Waals surface area contributed by atoms with Gasteiger partial charge in [0, 0.05) is 10.7 Å². The molecule has 0 spiro atoms. The van der Waals surface area contributed by atoms with Crippen molar-refractivity contribution in [2.24, 2.45) is 0 Å². The third-order valence-corrected chi connectivity index (χ3v) is 3.82. The zero-order chi connectivity index (χ0) is 11.8. The van der Waals surface area contributed by atoms with Gasteiger partial charge in [-0.3, -0.25) is 4.98 Å². The molecule has 1 aromatic heterocycles. The third kappa shape index (κ3) is 2.61. The first-order valence-corrected chi connectivity index (χ1v) is 6.42. The molecule has 0 atom stereocenters. The molecular formula is C6H2BrClF3NO2S. The van der Waals surface area contributed by atoms with Crippen LogP contribution in [0, 0.1) is 5.82 Å². The van der Waals surface area contributed by atoms with Gasteiger partial charge < -0.3 is 0 Å². The van der Waals surface area contributed by atoms with Crippen LogP contribution in [-0.4, -0.2) is 13.4 Å². The fraction of sp³-hybridized carbons (Fsp3) is 0.167. The number of alkyl halides is 2. The summed E-state index contributed by atoms with van der Waals surface area (Å²) in [6, 6.07) is 0. The SMILES string of the molecule is O=S(=O)(Cl)c1c(F)cnc(C(F)F)c1Br. The van der Waals surface area contributed by atoms with Crippen LogP contribution in [0.4, 0.5) is 13.2 Å². The van der Waals surface area contributed by atoms with Gasteiger partial charge in [0.15, 0.2) is 5.82 Å². The van der Waals surface area contributed by atoms with Gasteiger partial charge in [-0.1, -0.05) is 0 Å². The molecule has 0 unspecified atom stereocenters. The summed E-state index contributed by atoms with van der Waals surface area (Å²) in [6.07, 6.45) is -2.65. The minimum Gasteiger partial charge on any atom is -0.251 e. The monoisotopic (exact) mass is 323 g/mol. The van der Waals surface area contributed by atoms with Crippen molar-refractivity contribution < 1.29 is 21.6 Å². The second-order valence-corrected chi connectivity index (χ2v) is 5.67. The van der Waals surface area contributed by atoms with Gasteiger partial charge in [0.05, 0.1) is 10.7 Å². The summed E-state index contributed by atoms with van der Waals surface area (Å²) in [5.41, 5.74) is -0.879. The van der Waals surface area contributed by atoms with E-state index in [1.807, 2.05) is 0 Å². The van der Waals surface area contributed by atoms with Gasteiger partial charge in [-0.2, -0.15) is 0 Å². The van der Waals surface area contributed by atoms with E-state index in [0.717, 1.165) is 0 Å². The van der Waals surface area contributed by atoms with Crippen LogP contribution in [0.2, 0.25) is 0 Å². The minimum atomic E-state index is -4.44. The predicted octanol–water partition coefficient (Wildman–Crippen LogP) is 2.85. The van der Waals surface area contributed by atoms with Crippen LogP contribution in [0.5, 0.6) is 0 Å². The number of halogens is 5. The summed E-state index contributed by atoms with van der Waals surface area (Å²) < 4.78 is 58.6. The highest BCUT2D eigenvalue weighted by Gasteiger charge is 2.26. The molecule has 0 saturated carbocycles. The smallest absolute Gasteiger partial charge is 0.251 e. The lowest BCUT2D eigenvalue weighted by Crippen LogP contribution is -2.03. The highest BCUT2D eigenvalue weighted by Crippen LogP contribution is 2.33. The number of nitrogens with zero attached hydrogens (tertiary/aromatic N) is 1. The first kappa shape index (κ1) is 12.7. The first-order valence-electron chi connectivity index (χ1n) is 3.32. The second kappa shape index (κ2) is 4.26. The van der Waals surface area contributed by atoms with Crippen LogP contribution in [0.15, 0.2) is 15.6 Å². The van der Waals surface area contributed by atoms with Crippen molar-refractivity contribution in [2.45, 2.75) is 11.3 Å². The van der Waals surface area contributed by atoms with Crippen LogP contribution in [0.25, 0.3) is 0 Å². The number of hydrogen-bond acceptors (Lipinski definition) is 3. The quantitative estimate of drug-likeness (QED) is 0.786. The van der Waals surface area contributed by atoms with Gasteiger partial charge in [0.2, 0.25) is 0 Å². The van der Waals surface area contributed by atoms with Crippen molar-refractivity contribution in [1.82, 2.24) is 4.98 Å². The predicted molar refractivity (Wildman–Crippen MR) is 49.9 cm³/mol.